The number of fused-ring (bicyclic) bond motifs is 2. The van der Waals surface area contributed by atoms with Crippen molar-refractivity contribution in [1.29, 1.82) is 0 Å². The number of aromatic nitrogens is 3. The van der Waals surface area contributed by atoms with E-state index in [9.17, 15) is 5.11 Å². The molecule has 0 radical (unpaired) electrons. The monoisotopic (exact) mass is 354 g/mol. The summed E-state index contributed by atoms with van der Waals surface area (Å²) in [5.74, 6) is -0.327. The number of nitrogens with zero attached hydrogens (tertiary/aromatic N) is 3. The van der Waals surface area contributed by atoms with E-state index in [1.165, 1.54) is 6.33 Å². The minimum absolute atomic E-state index is 0.0844. The zero-order valence-electron chi connectivity index (χ0n) is 13.3. The number of anilines is 1. The van der Waals surface area contributed by atoms with Gasteiger partial charge in [-0.1, -0.05) is 0 Å². The Bertz CT molecular complexity index is 776. The minimum atomic E-state index is -1.03. The van der Waals surface area contributed by atoms with Crippen molar-refractivity contribution < 1.29 is 19.3 Å². The van der Waals surface area contributed by atoms with Gasteiger partial charge in [0.05, 0.1) is 18.2 Å². The summed E-state index contributed by atoms with van der Waals surface area (Å²) in [7, 11) is 0. The topological polar surface area (TPSA) is 104 Å². The Morgan fingerprint density at radius 1 is 1.33 bits per heavy atom. The number of alkyl halides is 1. The molecule has 0 bridgehead atoms. The number of ether oxygens (including phenoxy) is 3. The molecule has 130 valence electrons. The van der Waals surface area contributed by atoms with Crippen LogP contribution in [0.15, 0.2) is 18.5 Å². The van der Waals surface area contributed by atoms with Crippen LogP contribution in [0.5, 0.6) is 0 Å². The molecule has 4 rings (SSSR count). The van der Waals surface area contributed by atoms with Gasteiger partial charge in [0.25, 0.3) is 0 Å². The highest BCUT2D eigenvalue weighted by atomic mass is 35.5. The van der Waals surface area contributed by atoms with Crippen LogP contribution in [0.3, 0.4) is 0 Å². The molecule has 0 saturated carbocycles. The van der Waals surface area contributed by atoms with Crippen molar-refractivity contribution in [2.24, 2.45) is 0 Å². The summed E-state index contributed by atoms with van der Waals surface area (Å²) in [6, 6.07) is 3.68. The zero-order valence-corrected chi connectivity index (χ0v) is 14.1. The van der Waals surface area contributed by atoms with Crippen molar-refractivity contribution >= 4 is 22.9 Å². The number of rotatable bonds is 3. The Kier molecular flexibility index (Phi) is 3.52. The molecule has 2 saturated heterocycles. The van der Waals surface area contributed by atoms with Crippen molar-refractivity contribution in [3.8, 4) is 0 Å². The number of hydrogen-bond donors (Lipinski definition) is 2. The van der Waals surface area contributed by atoms with Gasteiger partial charge in [-0.25, -0.2) is 9.50 Å². The first-order valence-electron chi connectivity index (χ1n) is 7.69. The summed E-state index contributed by atoms with van der Waals surface area (Å²) in [5, 5.41) is 14.2. The third-order valence-electron chi connectivity index (χ3n) is 4.60. The fourth-order valence-electron chi connectivity index (χ4n) is 3.50. The second-order valence-electron chi connectivity index (χ2n) is 6.62. The quantitative estimate of drug-likeness (QED) is 0.788. The number of nitrogen functional groups attached to an aromatic ring is 1. The van der Waals surface area contributed by atoms with E-state index >= 15 is 0 Å². The smallest absolute Gasteiger partial charge is 0.164 e. The Labute approximate surface area is 143 Å². The summed E-state index contributed by atoms with van der Waals surface area (Å²) < 4.78 is 19.8. The number of aliphatic hydroxyl groups excluding tert-OH is 1. The lowest BCUT2D eigenvalue weighted by atomic mass is 9.96. The Morgan fingerprint density at radius 3 is 2.83 bits per heavy atom. The van der Waals surface area contributed by atoms with Gasteiger partial charge < -0.3 is 25.1 Å². The van der Waals surface area contributed by atoms with Crippen molar-refractivity contribution in [3.63, 3.8) is 0 Å². The van der Waals surface area contributed by atoms with Gasteiger partial charge in [-0.05, 0) is 26.0 Å². The highest BCUT2D eigenvalue weighted by Gasteiger charge is 2.63. The van der Waals surface area contributed by atoms with Gasteiger partial charge >= 0.3 is 0 Å². The van der Waals surface area contributed by atoms with Crippen molar-refractivity contribution in [1.82, 2.24) is 14.6 Å². The maximum Gasteiger partial charge on any atom is 0.164 e. The summed E-state index contributed by atoms with van der Waals surface area (Å²) >= 11 is 6.12. The first-order valence-corrected chi connectivity index (χ1v) is 8.23. The maximum absolute atomic E-state index is 9.91. The van der Waals surface area contributed by atoms with E-state index in [0.717, 1.165) is 5.69 Å². The van der Waals surface area contributed by atoms with Crippen molar-refractivity contribution in [2.45, 2.75) is 43.5 Å². The number of aliphatic hydroxyl groups is 1. The molecule has 0 unspecified atom stereocenters. The summed E-state index contributed by atoms with van der Waals surface area (Å²) in [6.45, 7) is 3.39. The Morgan fingerprint density at radius 2 is 2.12 bits per heavy atom. The van der Waals surface area contributed by atoms with E-state index < -0.39 is 29.7 Å². The van der Waals surface area contributed by atoms with E-state index in [0.29, 0.717) is 11.3 Å². The Hall–Kier alpha value is -1.45. The normalized spacial score (nSPS) is 34.8. The molecule has 4 atom stereocenters. The van der Waals surface area contributed by atoms with Gasteiger partial charge in [-0.15, -0.1) is 11.6 Å². The molecule has 0 aromatic carbocycles. The number of hydrogen-bond acceptors (Lipinski definition) is 7. The molecule has 2 aliphatic rings. The molecule has 2 aromatic heterocycles. The lowest BCUT2D eigenvalue weighted by molar-refractivity contribution is -0.212. The van der Waals surface area contributed by atoms with Crippen molar-refractivity contribution in [3.05, 3.63) is 24.2 Å². The molecular formula is C15H19ClN4O4. The predicted molar refractivity (Wildman–Crippen MR) is 85.6 cm³/mol. The van der Waals surface area contributed by atoms with Gasteiger partial charge in [-0.3, -0.25) is 0 Å². The zero-order chi connectivity index (χ0) is 17.1. The lowest BCUT2D eigenvalue weighted by Crippen LogP contribution is -2.48. The molecule has 2 aliphatic heterocycles. The number of halogens is 1. The Balaban J connectivity index is 1.81. The van der Waals surface area contributed by atoms with Gasteiger partial charge in [0.15, 0.2) is 11.6 Å². The lowest BCUT2D eigenvalue weighted by Gasteiger charge is -2.31. The van der Waals surface area contributed by atoms with E-state index in [4.69, 9.17) is 31.5 Å². The highest BCUT2D eigenvalue weighted by Crippen LogP contribution is 2.50. The molecule has 4 heterocycles. The fourth-order valence-corrected chi connectivity index (χ4v) is 3.80. The predicted octanol–water partition coefficient (Wildman–Crippen LogP) is 0.873. The standard InChI is InChI=1S/C15H19ClN4O4/c1-14(2)22-11-10(23-15(5-16,6-21)12(11)24-14)8-3-4-9-13(17)18-7-19-20(8)9/h3-4,7,10-12,21H,5-6H2,1-2H3,(H2,17,18,19)/t10-,11-,12-,15+/m0/s1. The second-order valence-corrected chi connectivity index (χ2v) is 6.88. The highest BCUT2D eigenvalue weighted by molar-refractivity contribution is 6.18. The summed E-state index contributed by atoms with van der Waals surface area (Å²) in [4.78, 5) is 3.99. The SMILES string of the molecule is CC1(C)O[C@H]2[C@H](c3ccc4c(N)ncnn34)O[C@@](CO)(CCl)[C@H]2O1. The molecule has 24 heavy (non-hydrogen) atoms. The van der Waals surface area contributed by atoms with E-state index in [1.807, 2.05) is 26.0 Å². The van der Waals surface area contributed by atoms with Crippen LogP contribution in [0.25, 0.3) is 5.52 Å². The molecule has 3 N–H and O–H groups in total. The van der Waals surface area contributed by atoms with Gasteiger partial charge in [0.2, 0.25) is 0 Å². The average molecular weight is 355 g/mol. The molecule has 0 aliphatic carbocycles. The average Bonchev–Trinajstić information content (AvgIpc) is 3.18. The van der Waals surface area contributed by atoms with E-state index in [-0.39, 0.29) is 12.5 Å². The van der Waals surface area contributed by atoms with Crippen LogP contribution in [0.1, 0.15) is 25.6 Å². The summed E-state index contributed by atoms with van der Waals surface area (Å²) in [5.41, 5.74) is 6.28. The van der Waals surface area contributed by atoms with Crippen LogP contribution in [-0.2, 0) is 14.2 Å². The molecule has 0 amide bonds. The molecule has 0 spiro atoms. The third kappa shape index (κ3) is 2.14. The van der Waals surface area contributed by atoms with Crippen LogP contribution < -0.4 is 5.73 Å². The van der Waals surface area contributed by atoms with Gasteiger partial charge in [0.1, 0.15) is 35.8 Å². The fraction of sp³-hybridized carbons (Fsp3) is 0.600. The van der Waals surface area contributed by atoms with Crippen LogP contribution in [-0.4, -0.2) is 55.8 Å². The second kappa shape index (κ2) is 5.27. The van der Waals surface area contributed by atoms with Crippen LogP contribution >= 0.6 is 11.6 Å². The van der Waals surface area contributed by atoms with E-state index in [1.54, 1.807) is 4.52 Å². The van der Waals surface area contributed by atoms with Crippen LogP contribution in [0.4, 0.5) is 5.82 Å². The van der Waals surface area contributed by atoms with E-state index in [2.05, 4.69) is 10.1 Å². The molecule has 2 aromatic rings. The first-order chi connectivity index (χ1) is 11.4. The maximum atomic E-state index is 9.91. The molecule has 8 nitrogen and oxygen atoms in total. The number of nitrogens with two attached hydrogens (primary N) is 1. The summed E-state index contributed by atoms with van der Waals surface area (Å²) in [6.07, 6.45) is -0.0147. The van der Waals surface area contributed by atoms with Gasteiger partial charge in [-0.2, -0.15) is 5.10 Å². The van der Waals surface area contributed by atoms with Crippen LogP contribution in [0.2, 0.25) is 0 Å². The first kappa shape index (κ1) is 16.0. The minimum Gasteiger partial charge on any atom is -0.393 e. The molecular weight excluding hydrogens is 336 g/mol. The third-order valence-corrected chi connectivity index (χ3v) is 5.06. The van der Waals surface area contributed by atoms with Gasteiger partial charge in [0, 0.05) is 0 Å². The van der Waals surface area contributed by atoms with Crippen molar-refractivity contribution in [2.75, 3.05) is 18.2 Å². The van der Waals surface area contributed by atoms with Crippen LogP contribution in [0, 0.1) is 0 Å². The molecule has 2 fully saturated rings. The largest absolute Gasteiger partial charge is 0.393 e. The molecule has 9 heteroatoms.